The molecule has 1 fully saturated rings. The highest BCUT2D eigenvalue weighted by Crippen LogP contribution is 2.33. The highest BCUT2D eigenvalue weighted by molar-refractivity contribution is 7.91. The van der Waals surface area contributed by atoms with Crippen molar-refractivity contribution in [1.82, 2.24) is 19.6 Å². The third kappa shape index (κ3) is 6.06. The molecule has 0 saturated carbocycles. The summed E-state index contributed by atoms with van der Waals surface area (Å²) in [5.74, 6) is -0.161. The molecule has 1 N–H and O–H groups in total. The Hall–Kier alpha value is -2.74. The number of thiophene rings is 1. The summed E-state index contributed by atoms with van der Waals surface area (Å²) in [5.41, 5.74) is 0.482. The number of hydrogen-bond donors (Lipinski definition) is 1. The van der Waals surface area contributed by atoms with Crippen molar-refractivity contribution in [2.75, 3.05) is 25.5 Å². The zero-order chi connectivity index (χ0) is 27.0. The van der Waals surface area contributed by atoms with Gasteiger partial charge in [0.1, 0.15) is 10.3 Å². The summed E-state index contributed by atoms with van der Waals surface area (Å²) >= 11 is 6.83. The number of sulfonamides is 1. The monoisotopic (exact) mass is 573 g/mol. The molecule has 0 spiro atoms. The summed E-state index contributed by atoms with van der Waals surface area (Å²) < 4.78 is 66.5. The average molecular weight is 574 g/mol. The number of rotatable bonds is 7. The second-order valence-corrected chi connectivity index (χ2v) is 12.4. The molecule has 8 nitrogen and oxygen atoms in total. The SMILES string of the molecule is CN(C)c1nc(CNC(=O)[C@@H]2CCCN2S(=O)(=O)c2ccc(Cl)s2)cc(-c2ccc(C(F)(F)F)cc2)n1. The lowest BCUT2D eigenvalue weighted by Gasteiger charge is -2.22. The van der Waals surface area contributed by atoms with Crippen molar-refractivity contribution < 1.29 is 26.4 Å². The predicted octanol–water partition coefficient (Wildman–Crippen LogP) is 4.41. The second kappa shape index (κ2) is 10.6. The first kappa shape index (κ1) is 27.3. The molecule has 1 amide bonds. The molecule has 37 heavy (non-hydrogen) atoms. The van der Waals surface area contributed by atoms with Gasteiger partial charge in [0.25, 0.3) is 10.0 Å². The Labute approximate surface area is 221 Å². The van der Waals surface area contributed by atoms with Gasteiger partial charge in [0, 0.05) is 26.2 Å². The third-order valence-electron chi connectivity index (χ3n) is 5.74. The molecule has 14 heteroatoms. The van der Waals surface area contributed by atoms with Gasteiger partial charge in [0.15, 0.2) is 0 Å². The standard InChI is InChI=1S/C23H23ClF3N5O3S2/c1-31(2)22-29-16(12-17(30-22)14-5-7-15(8-6-14)23(25,26)27)13-28-21(33)18-4-3-11-32(18)37(34,35)20-10-9-19(24)36-20/h5-10,12,18H,3-4,11,13H2,1-2H3,(H,28,33)/t18-/m0/s1. The zero-order valence-corrected chi connectivity index (χ0v) is 22.2. The molecule has 0 aliphatic carbocycles. The van der Waals surface area contributed by atoms with Gasteiger partial charge in [0.2, 0.25) is 11.9 Å². The van der Waals surface area contributed by atoms with Gasteiger partial charge >= 0.3 is 6.18 Å². The minimum absolute atomic E-state index is 0.0228. The molecule has 3 aromatic rings. The molecule has 198 valence electrons. The van der Waals surface area contributed by atoms with Crippen LogP contribution in [0.15, 0.2) is 46.7 Å². The highest BCUT2D eigenvalue weighted by atomic mass is 35.5. The Morgan fingerprint density at radius 1 is 1.19 bits per heavy atom. The van der Waals surface area contributed by atoms with Crippen LogP contribution < -0.4 is 10.2 Å². The summed E-state index contributed by atoms with van der Waals surface area (Å²) in [7, 11) is -0.446. The first-order valence-corrected chi connectivity index (χ1v) is 13.8. The number of nitrogens with one attached hydrogen (secondary N) is 1. The van der Waals surface area contributed by atoms with E-state index in [-0.39, 0.29) is 17.3 Å². The topological polar surface area (TPSA) is 95.5 Å². The van der Waals surface area contributed by atoms with Crippen LogP contribution in [0, 0.1) is 0 Å². The Bertz CT molecular complexity index is 1400. The minimum atomic E-state index is -4.45. The van der Waals surface area contributed by atoms with Gasteiger partial charge in [-0.05, 0) is 43.2 Å². The maximum absolute atomic E-state index is 13.0. The smallest absolute Gasteiger partial charge is 0.349 e. The number of amides is 1. The van der Waals surface area contributed by atoms with E-state index in [2.05, 4.69) is 15.3 Å². The predicted molar refractivity (Wildman–Crippen MR) is 135 cm³/mol. The fourth-order valence-corrected chi connectivity index (χ4v) is 7.16. The van der Waals surface area contributed by atoms with Crippen molar-refractivity contribution in [3.63, 3.8) is 0 Å². The Kier molecular flexibility index (Phi) is 7.79. The van der Waals surface area contributed by atoms with Crippen LogP contribution in [0.5, 0.6) is 0 Å². The van der Waals surface area contributed by atoms with Crippen LogP contribution in [0.1, 0.15) is 24.1 Å². The number of carbonyl (C=O) groups is 1. The molecular formula is C23H23ClF3N5O3S2. The Morgan fingerprint density at radius 3 is 2.49 bits per heavy atom. The van der Waals surface area contributed by atoms with Crippen molar-refractivity contribution in [3.05, 3.63) is 58.1 Å². The lowest BCUT2D eigenvalue weighted by molar-refractivity contribution is -0.137. The lowest BCUT2D eigenvalue weighted by atomic mass is 10.1. The van der Waals surface area contributed by atoms with Gasteiger partial charge in [-0.2, -0.15) is 17.5 Å². The van der Waals surface area contributed by atoms with E-state index in [4.69, 9.17) is 11.6 Å². The van der Waals surface area contributed by atoms with E-state index < -0.39 is 33.7 Å². The maximum Gasteiger partial charge on any atom is 0.416 e. The number of halogens is 4. The van der Waals surface area contributed by atoms with Crippen LogP contribution >= 0.6 is 22.9 Å². The highest BCUT2D eigenvalue weighted by Gasteiger charge is 2.40. The molecule has 1 aromatic carbocycles. The van der Waals surface area contributed by atoms with Gasteiger partial charge in [0.05, 0.1) is 27.8 Å². The van der Waals surface area contributed by atoms with Crippen molar-refractivity contribution in [2.45, 2.75) is 35.8 Å². The van der Waals surface area contributed by atoms with E-state index in [1.54, 1.807) is 25.1 Å². The molecular weight excluding hydrogens is 551 g/mol. The van der Waals surface area contributed by atoms with Crippen molar-refractivity contribution >= 4 is 44.8 Å². The van der Waals surface area contributed by atoms with Crippen LogP contribution in [0.3, 0.4) is 0 Å². The van der Waals surface area contributed by atoms with Gasteiger partial charge in [-0.25, -0.2) is 18.4 Å². The average Bonchev–Trinajstić information content (AvgIpc) is 3.52. The molecule has 0 radical (unpaired) electrons. The summed E-state index contributed by atoms with van der Waals surface area (Å²) in [4.78, 5) is 23.5. The maximum atomic E-state index is 13.0. The van der Waals surface area contributed by atoms with E-state index in [0.717, 1.165) is 23.5 Å². The first-order chi connectivity index (χ1) is 17.4. The normalized spacial score (nSPS) is 16.6. The number of aromatic nitrogens is 2. The van der Waals surface area contributed by atoms with Gasteiger partial charge in [-0.1, -0.05) is 23.7 Å². The van der Waals surface area contributed by atoms with Gasteiger partial charge in [-0.3, -0.25) is 4.79 Å². The molecule has 4 rings (SSSR count). The molecule has 0 unspecified atom stereocenters. The van der Waals surface area contributed by atoms with Gasteiger partial charge in [-0.15, -0.1) is 11.3 Å². The minimum Gasteiger partial charge on any atom is -0.349 e. The van der Waals surface area contributed by atoms with Gasteiger partial charge < -0.3 is 10.2 Å². The zero-order valence-electron chi connectivity index (χ0n) is 19.8. The largest absolute Gasteiger partial charge is 0.416 e. The first-order valence-electron chi connectivity index (χ1n) is 11.1. The number of benzene rings is 1. The molecule has 0 bridgehead atoms. The van der Waals surface area contributed by atoms with Crippen LogP contribution in [0.4, 0.5) is 19.1 Å². The van der Waals surface area contributed by atoms with Crippen molar-refractivity contribution in [3.8, 4) is 11.3 Å². The van der Waals surface area contributed by atoms with Crippen molar-refractivity contribution in [2.24, 2.45) is 0 Å². The van der Waals surface area contributed by atoms with E-state index >= 15 is 0 Å². The number of anilines is 1. The van der Waals surface area contributed by atoms with Crippen molar-refractivity contribution in [1.29, 1.82) is 0 Å². The third-order valence-corrected chi connectivity index (χ3v) is 9.34. The fraction of sp³-hybridized carbons (Fsp3) is 0.348. The van der Waals surface area contributed by atoms with E-state index in [1.807, 2.05) is 0 Å². The second-order valence-electron chi connectivity index (χ2n) is 8.56. The quantitative estimate of drug-likeness (QED) is 0.450. The van der Waals surface area contributed by atoms with E-state index in [0.29, 0.717) is 40.1 Å². The van der Waals surface area contributed by atoms with Crippen LogP contribution in [-0.2, 0) is 27.5 Å². The Balaban J connectivity index is 1.53. The summed E-state index contributed by atoms with van der Waals surface area (Å²) in [6.07, 6.45) is -3.55. The number of alkyl halides is 3. The molecule has 1 atom stereocenters. The number of carbonyl (C=O) groups excluding carboxylic acids is 1. The van der Waals surface area contributed by atoms with Crippen LogP contribution in [0.25, 0.3) is 11.3 Å². The summed E-state index contributed by atoms with van der Waals surface area (Å²) in [5, 5.41) is 2.75. The summed E-state index contributed by atoms with van der Waals surface area (Å²) in [6.45, 7) is 0.192. The van der Waals surface area contributed by atoms with E-state index in [1.165, 1.54) is 28.6 Å². The number of nitrogens with zero attached hydrogens (tertiary/aromatic N) is 4. The Morgan fingerprint density at radius 2 is 1.89 bits per heavy atom. The van der Waals surface area contributed by atoms with E-state index in [9.17, 15) is 26.4 Å². The molecule has 1 aliphatic rings. The summed E-state index contributed by atoms with van der Waals surface area (Å²) in [6, 6.07) is 8.21. The molecule has 1 saturated heterocycles. The fourth-order valence-electron chi connectivity index (χ4n) is 3.89. The van der Waals surface area contributed by atoms with Crippen LogP contribution in [-0.4, -0.2) is 55.3 Å². The number of hydrogen-bond acceptors (Lipinski definition) is 7. The molecule has 2 aromatic heterocycles. The molecule has 1 aliphatic heterocycles. The molecule has 3 heterocycles. The lowest BCUT2D eigenvalue weighted by Crippen LogP contribution is -2.45. The van der Waals surface area contributed by atoms with Crippen LogP contribution in [0.2, 0.25) is 4.34 Å².